The van der Waals surface area contributed by atoms with E-state index in [4.69, 9.17) is 0 Å². The Labute approximate surface area is 136 Å². The van der Waals surface area contributed by atoms with Crippen LogP contribution in [0.25, 0.3) is 0 Å². The molecule has 3 heteroatoms. The zero-order valence-electron chi connectivity index (χ0n) is 12.9. The molecule has 0 N–H and O–H groups in total. The second-order valence-corrected chi connectivity index (χ2v) is 9.16. The molecule has 0 bridgehead atoms. The molecule has 0 nitrogen and oxygen atoms in total. The third-order valence-corrected chi connectivity index (χ3v) is 8.66. The summed E-state index contributed by atoms with van der Waals surface area (Å²) in [6, 6.07) is 23.6. The molecule has 0 heterocycles. The minimum atomic E-state index is -2.21. The van der Waals surface area contributed by atoms with E-state index in [0.29, 0.717) is 5.30 Å². The fourth-order valence-corrected chi connectivity index (χ4v) is 7.18. The van der Waals surface area contributed by atoms with Crippen molar-refractivity contribution in [3.63, 3.8) is 0 Å². The number of hydrogen-bond acceptors (Lipinski definition) is 0. The zero-order chi connectivity index (χ0) is 16.3. The first-order chi connectivity index (χ1) is 11.2. The molecule has 3 aromatic carbocycles. The highest BCUT2D eigenvalue weighted by Gasteiger charge is 2.34. The first-order valence-electron chi connectivity index (χ1n) is 7.63. The molecule has 1 radical (unpaired) electrons. The molecule has 0 aliphatic heterocycles. The largest absolute Gasteiger partial charge is 0.207 e. The van der Waals surface area contributed by atoms with Gasteiger partial charge in [-0.15, -0.1) is 0 Å². The highest BCUT2D eigenvalue weighted by Crippen LogP contribution is 2.55. The molecule has 0 atom stereocenters. The maximum Gasteiger partial charge on any atom is 0.131 e. The smallest absolute Gasteiger partial charge is 0.131 e. The zero-order valence-corrected chi connectivity index (χ0v) is 13.8. The van der Waals surface area contributed by atoms with Crippen LogP contribution < -0.4 is 15.9 Å². The van der Waals surface area contributed by atoms with Crippen molar-refractivity contribution in [2.24, 2.45) is 0 Å². The van der Waals surface area contributed by atoms with E-state index >= 15 is 0 Å². The predicted molar refractivity (Wildman–Crippen MR) is 95.6 cm³/mol. The SMILES string of the molecule is CC[P](c1ccccc1)(c1ccccc1)c1cc(F)ccc1F. The molecular weight excluding hydrogens is 309 g/mol. The van der Waals surface area contributed by atoms with E-state index in [9.17, 15) is 8.78 Å². The van der Waals surface area contributed by atoms with Gasteiger partial charge in [-0.1, -0.05) is 67.6 Å². The summed E-state index contributed by atoms with van der Waals surface area (Å²) in [6.45, 7) is 2.05. The van der Waals surface area contributed by atoms with Gasteiger partial charge < -0.3 is 0 Å². The number of halogens is 2. The molecule has 0 aliphatic carbocycles. The first kappa shape index (κ1) is 15.8. The number of hydrogen-bond donors (Lipinski definition) is 0. The van der Waals surface area contributed by atoms with Gasteiger partial charge in [0.15, 0.2) is 0 Å². The van der Waals surface area contributed by atoms with Crippen molar-refractivity contribution in [2.45, 2.75) is 6.92 Å². The summed E-state index contributed by atoms with van der Waals surface area (Å²) in [5.74, 6) is -0.736. The van der Waals surface area contributed by atoms with Crippen LogP contribution in [0.1, 0.15) is 6.92 Å². The molecule has 0 spiro atoms. The second kappa shape index (κ2) is 6.60. The summed E-state index contributed by atoms with van der Waals surface area (Å²) in [5, 5.41) is 2.62. The Kier molecular flexibility index (Phi) is 4.54. The van der Waals surface area contributed by atoms with Crippen molar-refractivity contribution in [1.82, 2.24) is 0 Å². The lowest BCUT2D eigenvalue weighted by molar-refractivity contribution is 0.607. The van der Waals surface area contributed by atoms with Crippen molar-refractivity contribution in [1.29, 1.82) is 0 Å². The summed E-state index contributed by atoms with van der Waals surface area (Å²) in [4.78, 5) is 0. The van der Waals surface area contributed by atoms with Gasteiger partial charge >= 0.3 is 0 Å². The molecule has 0 fully saturated rings. The van der Waals surface area contributed by atoms with Crippen LogP contribution in [0.3, 0.4) is 0 Å². The quantitative estimate of drug-likeness (QED) is 0.628. The minimum Gasteiger partial charge on any atom is -0.207 e. The first-order valence-corrected chi connectivity index (χ1v) is 9.61. The van der Waals surface area contributed by atoms with Crippen LogP contribution in [0.4, 0.5) is 8.78 Å². The van der Waals surface area contributed by atoms with E-state index in [1.54, 1.807) is 0 Å². The molecule has 0 unspecified atom stereocenters. The molecule has 0 aromatic heterocycles. The molecule has 0 saturated carbocycles. The summed E-state index contributed by atoms with van der Waals surface area (Å²) in [6.07, 6.45) is 0.737. The lowest BCUT2D eigenvalue weighted by atomic mass is 10.3. The topological polar surface area (TPSA) is 0 Å². The lowest BCUT2D eigenvalue weighted by Gasteiger charge is -2.37. The Balaban J connectivity index is 2.36. The van der Waals surface area contributed by atoms with Gasteiger partial charge in [-0.05, 0) is 42.2 Å². The summed E-state index contributed by atoms with van der Waals surface area (Å²) < 4.78 is 28.6. The molecule has 3 rings (SSSR count). The van der Waals surface area contributed by atoms with Crippen LogP contribution in [0.5, 0.6) is 0 Å². The minimum absolute atomic E-state index is 0.339. The van der Waals surface area contributed by atoms with Gasteiger partial charge in [-0.25, -0.2) is 8.78 Å². The van der Waals surface area contributed by atoms with Gasteiger partial charge in [0.25, 0.3) is 0 Å². The average molecular weight is 327 g/mol. The Morgan fingerprint density at radius 2 is 1.26 bits per heavy atom. The summed E-state index contributed by atoms with van der Waals surface area (Å²) >= 11 is 0. The molecule has 0 saturated heterocycles. The van der Waals surface area contributed by atoms with Gasteiger partial charge in [0.2, 0.25) is 0 Å². The van der Waals surface area contributed by atoms with E-state index in [0.717, 1.165) is 16.8 Å². The molecule has 117 valence electrons. The van der Waals surface area contributed by atoms with E-state index in [-0.39, 0.29) is 5.82 Å². The van der Waals surface area contributed by atoms with Crippen LogP contribution in [0, 0.1) is 11.6 Å². The van der Waals surface area contributed by atoms with Crippen molar-refractivity contribution in [2.75, 3.05) is 6.16 Å². The van der Waals surface area contributed by atoms with Crippen molar-refractivity contribution < 1.29 is 8.78 Å². The maximum absolute atomic E-state index is 14.7. The van der Waals surface area contributed by atoms with E-state index in [1.165, 1.54) is 18.2 Å². The van der Waals surface area contributed by atoms with Crippen LogP contribution in [-0.2, 0) is 0 Å². The van der Waals surface area contributed by atoms with Gasteiger partial charge in [-0.3, -0.25) is 0 Å². The normalized spacial score (nSPS) is 11.4. The van der Waals surface area contributed by atoms with Crippen molar-refractivity contribution >= 4 is 23.2 Å². The molecule has 0 amide bonds. The molecule has 3 aromatic rings. The molecule has 0 aliphatic rings. The van der Waals surface area contributed by atoms with Gasteiger partial charge in [0.05, 0.1) is 0 Å². The van der Waals surface area contributed by atoms with Gasteiger partial charge in [0.1, 0.15) is 11.6 Å². The standard InChI is InChI=1S/C20H18F2P/c1-2-23(17-9-5-3-6-10-17,18-11-7-4-8-12-18)20-15-16(21)13-14-19(20)22/h3-15H,2H2,1H3. The molecule has 23 heavy (non-hydrogen) atoms. The highest BCUT2D eigenvalue weighted by molar-refractivity contribution is 7.95. The summed E-state index contributed by atoms with van der Waals surface area (Å²) in [5.41, 5.74) is 0. The number of benzene rings is 3. The Bertz CT molecular complexity index is 746. The van der Waals surface area contributed by atoms with Crippen molar-refractivity contribution in [3.8, 4) is 0 Å². The van der Waals surface area contributed by atoms with E-state index < -0.39 is 13.1 Å². The van der Waals surface area contributed by atoms with Crippen LogP contribution in [0.15, 0.2) is 78.9 Å². The van der Waals surface area contributed by atoms with Gasteiger partial charge in [0, 0.05) is 5.30 Å². The Morgan fingerprint density at radius 1 is 0.739 bits per heavy atom. The van der Waals surface area contributed by atoms with Crippen LogP contribution in [-0.4, -0.2) is 6.16 Å². The Morgan fingerprint density at radius 3 is 1.74 bits per heavy atom. The van der Waals surface area contributed by atoms with E-state index in [1.807, 2.05) is 60.7 Å². The van der Waals surface area contributed by atoms with Gasteiger partial charge in [-0.2, -0.15) is 0 Å². The monoisotopic (exact) mass is 327 g/mol. The second-order valence-electron chi connectivity index (χ2n) is 5.39. The maximum atomic E-state index is 14.7. The number of rotatable bonds is 4. The summed E-state index contributed by atoms with van der Waals surface area (Å²) in [7, 11) is -2.21. The van der Waals surface area contributed by atoms with Crippen molar-refractivity contribution in [3.05, 3.63) is 90.5 Å². The Hall–Kier alpha value is -2.05. The fourth-order valence-electron chi connectivity index (χ4n) is 3.11. The highest BCUT2D eigenvalue weighted by atomic mass is 31.2. The predicted octanol–water partition coefficient (Wildman–Crippen LogP) is 4.28. The molecular formula is C20H18F2P. The lowest BCUT2D eigenvalue weighted by Crippen LogP contribution is -2.34. The van der Waals surface area contributed by atoms with Crippen LogP contribution in [0.2, 0.25) is 0 Å². The third-order valence-electron chi connectivity index (χ3n) is 4.19. The van der Waals surface area contributed by atoms with E-state index in [2.05, 4.69) is 6.92 Å². The van der Waals surface area contributed by atoms with Crippen LogP contribution >= 0.6 is 7.26 Å². The average Bonchev–Trinajstić information content (AvgIpc) is 2.61. The fraction of sp³-hybridized carbons (Fsp3) is 0.100. The third kappa shape index (κ3) is 2.80.